The van der Waals surface area contributed by atoms with Crippen LogP contribution >= 0.6 is 11.3 Å². The molecule has 17 heavy (non-hydrogen) atoms. The largest absolute Gasteiger partial charge is 0.390 e. The molecule has 1 aliphatic carbocycles. The fraction of sp³-hybridized carbons (Fsp3) is 0.733. The number of aliphatic hydroxyl groups is 1. The first-order valence-corrected chi connectivity index (χ1v) is 7.51. The molecule has 1 fully saturated rings. The van der Waals surface area contributed by atoms with Crippen LogP contribution < -0.4 is 0 Å². The molecule has 0 bridgehead atoms. The molecule has 0 spiro atoms. The van der Waals surface area contributed by atoms with Crippen molar-refractivity contribution < 1.29 is 5.11 Å². The second-order valence-corrected chi connectivity index (χ2v) is 7.69. The van der Waals surface area contributed by atoms with Gasteiger partial charge in [0.25, 0.3) is 0 Å². The monoisotopic (exact) mass is 252 g/mol. The second-order valence-electron chi connectivity index (χ2n) is 6.66. The molecule has 1 aromatic rings. The van der Waals surface area contributed by atoms with Gasteiger partial charge in [-0.3, -0.25) is 0 Å². The summed E-state index contributed by atoms with van der Waals surface area (Å²) in [5, 5.41) is 12.9. The van der Waals surface area contributed by atoms with Crippen molar-refractivity contribution in [1.82, 2.24) is 0 Å². The Morgan fingerprint density at radius 2 is 2.18 bits per heavy atom. The van der Waals surface area contributed by atoms with Crippen molar-refractivity contribution in [2.45, 2.75) is 58.5 Å². The number of thiophene rings is 1. The molecule has 1 N–H and O–H groups in total. The minimum Gasteiger partial charge on any atom is -0.390 e. The highest BCUT2D eigenvalue weighted by Crippen LogP contribution is 2.45. The van der Waals surface area contributed by atoms with Crippen LogP contribution in [0.4, 0.5) is 0 Å². The summed E-state index contributed by atoms with van der Waals surface area (Å²) in [4.78, 5) is 1.40. The van der Waals surface area contributed by atoms with Crippen molar-refractivity contribution in [3.8, 4) is 0 Å². The Balaban J connectivity index is 1.98. The van der Waals surface area contributed by atoms with Crippen LogP contribution in [0, 0.1) is 11.3 Å². The first-order valence-electron chi connectivity index (χ1n) is 6.63. The van der Waals surface area contributed by atoms with Gasteiger partial charge in [-0.15, -0.1) is 11.3 Å². The third-order valence-electron chi connectivity index (χ3n) is 3.85. The fourth-order valence-corrected chi connectivity index (χ4v) is 4.41. The van der Waals surface area contributed by atoms with Crippen molar-refractivity contribution in [3.63, 3.8) is 0 Å². The average molecular weight is 252 g/mol. The molecule has 1 aromatic heterocycles. The lowest BCUT2D eigenvalue weighted by Crippen LogP contribution is -2.42. The van der Waals surface area contributed by atoms with Crippen molar-refractivity contribution in [2.24, 2.45) is 11.3 Å². The predicted octanol–water partition coefficient (Wildman–Crippen LogP) is 4.26. The molecule has 2 rings (SSSR count). The van der Waals surface area contributed by atoms with E-state index >= 15 is 0 Å². The van der Waals surface area contributed by atoms with E-state index in [9.17, 15) is 5.11 Å². The molecular weight excluding hydrogens is 228 g/mol. The van der Waals surface area contributed by atoms with Gasteiger partial charge in [0.1, 0.15) is 0 Å². The average Bonchev–Trinajstić information content (AvgIpc) is 2.62. The van der Waals surface area contributed by atoms with Gasteiger partial charge >= 0.3 is 0 Å². The summed E-state index contributed by atoms with van der Waals surface area (Å²) in [6.45, 7) is 6.86. The minimum absolute atomic E-state index is 0.294. The first-order chi connectivity index (χ1) is 7.89. The summed E-state index contributed by atoms with van der Waals surface area (Å²) < 4.78 is 0. The highest BCUT2D eigenvalue weighted by Gasteiger charge is 2.40. The third kappa shape index (κ3) is 3.56. The van der Waals surface area contributed by atoms with E-state index < -0.39 is 5.60 Å². The summed E-state index contributed by atoms with van der Waals surface area (Å²) in [5.41, 5.74) is -0.146. The zero-order valence-corrected chi connectivity index (χ0v) is 12.0. The van der Waals surface area contributed by atoms with Crippen LogP contribution in [-0.2, 0) is 6.42 Å². The summed E-state index contributed by atoms with van der Waals surface area (Å²) in [6.07, 6.45) is 5.12. The molecule has 2 atom stereocenters. The van der Waals surface area contributed by atoms with Crippen molar-refractivity contribution in [1.29, 1.82) is 0 Å². The lowest BCUT2D eigenvalue weighted by molar-refractivity contribution is -0.0632. The lowest BCUT2D eigenvalue weighted by atomic mass is 9.64. The summed E-state index contributed by atoms with van der Waals surface area (Å²) in [7, 11) is 0. The second kappa shape index (κ2) is 4.74. The van der Waals surface area contributed by atoms with Gasteiger partial charge in [0.2, 0.25) is 0 Å². The number of hydrogen-bond donors (Lipinski definition) is 1. The van der Waals surface area contributed by atoms with E-state index in [0.717, 1.165) is 25.7 Å². The molecule has 0 radical (unpaired) electrons. The van der Waals surface area contributed by atoms with E-state index in [1.54, 1.807) is 11.3 Å². The van der Waals surface area contributed by atoms with Crippen molar-refractivity contribution in [3.05, 3.63) is 22.4 Å². The molecule has 2 unspecified atom stereocenters. The number of rotatable bonds is 3. The summed E-state index contributed by atoms with van der Waals surface area (Å²) in [5.74, 6) is 0.645. The molecule has 96 valence electrons. The Labute approximate surface area is 109 Å². The van der Waals surface area contributed by atoms with Crippen LogP contribution in [0.5, 0.6) is 0 Å². The topological polar surface area (TPSA) is 20.2 Å². The summed E-state index contributed by atoms with van der Waals surface area (Å²) >= 11 is 1.80. The van der Waals surface area contributed by atoms with Gasteiger partial charge in [0.05, 0.1) is 5.60 Å². The number of hydrogen-bond acceptors (Lipinski definition) is 2. The maximum absolute atomic E-state index is 10.8. The molecular formula is C15H24OS. The normalized spacial score (nSPS) is 32.6. The SMILES string of the molecule is CC1CC(C)(C)CC(O)(CCc2cccs2)C1. The fourth-order valence-electron chi connectivity index (χ4n) is 3.70. The Morgan fingerprint density at radius 1 is 1.41 bits per heavy atom. The van der Waals surface area contributed by atoms with Gasteiger partial charge in [-0.1, -0.05) is 26.8 Å². The Hall–Kier alpha value is -0.340. The van der Waals surface area contributed by atoms with Gasteiger partial charge in [-0.25, -0.2) is 0 Å². The highest BCUT2D eigenvalue weighted by atomic mass is 32.1. The van der Waals surface area contributed by atoms with Gasteiger partial charge in [-0.2, -0.15) is 0 Å². The van der Waals surface area contributed by atoms with Gasteiger partial charge < -0.3 is 5.11 Å². The maximum atomic E-state index is 10.8. The molecule has 0 aromatic carbocycles. The minimum atomic E-state index is -0.439. The quantitative estimate of drug-likeness (QED) is 0.852. The number of aryl methyl sites for hydroxylation is 1. The molecule has 0 saturated heterocycles. The van der Waals surface area contributed by atoms with E-state index in [1.165, 1.54) is 11.3 Å². The van der Waals surface area contributed by atoms with E-state index in [4.69, 9.17) is 0 Å². The van der Waals surface area contributed by atoms with Crippen LogP contribution in [0.2, 0.25) is 0 Å². The van der Waals surface area contributed by atoms with Crippen LogP contribution in [0.25, 0.3) is 0 Å². The third-order valence-corrected chi connectivity index (χ3v) is 4.79. The van der Waals surface area contributed by atoms with Crippen LogP contribution in [-0.4, -0.2) is 10.7 Å². The Morgan fingerprint density at radius 3 is 2.76 bits per heavy atom. The molecule has 0 aliphatic heterocycles. The van der Waals surface area contributed by atoms with E-state index in [0.29, 0.717) is 11.3 Å². The smallest absolute Gasteiger partial charge is 0.0658 e. The zero-order valence-electron chi connectivity index (χ0n) is 11.2. The van der Waals surface area contributed by atoms with Crippen LogP contribution in [0.3, 0.4) is 0 Å². The van der Waals surface area contributed by atoms with E-state index in [-0.39, 0.29) is 0 Å². The van der Waals surface area contributed by atoms with Crippen LogP contribution in [0.15, 0.2) is 17.5 Å². The van der Waals surface area contributed by atoms with Gasteiger partial charge in [0.15, 0.2) is 0 Å². The van der Waals surface area contributed by atoms with Gasteiger partial charge in [0, 0.05) is 4.88 Å². The van der Waals surface area contributed by atoms with E-state index in [1.807, 2.05) is 0 Å². The molecule has 2 heteroatoms. The van der Waals surface area contributed by atoms with Crippen LogP contribution in [0.1, 0.15) is 51.3 Å². The lowest BCUT2D eigenvalue weighted by Gasteiger charge is -2.44. The predicted molar refractivity (Wildman–Crippen MR) is 74.4 cm³/mol. The molecule has 1 aliphatic rings. The van der Waals surface area contributed by atoms with Crippen molar-refractivity contribution >= 4 is 11.3 Å². The van der Waals surface area contributed by atoms with Crippen molar-refractivity contribution in [2.75, 3.05) is 0 Å². The standard InChI is InChI=1S/C15H24OS/c1-12-9-14(2,3)11-15(16,10-12)7-6-13-5-4-8-17-13/h4-5,8,12,16H,6-7,9-11H2,1-3H3. The maximum Gasteiger partial charge on any atom is 0.0658 e. The highest BCUT2D eigenvalue weighted by molar-refractivity contribution is 7.09. The molecule has 1 saturated carbocycles. The molecule has 1 heterocycles. The molecule has 0 amide bonds. The van der Waals surface area contributed by atoms with E-state index in [2.05, 4.69) is 38.3 Å². The Kier molecular flexibility index (Phi) is 3.65. The Bertz CT molecular complexity index is 355. The van der Waals surface area contributed by atoms with Gasteiger partial charge in [-0.05, 0) is 54.9 Å². The summed E-state index contributed by atoms with van der Waals surface area (Å²) in [6, 6.07) is 4.27. The zero-order chi connectivity index (χ0) is 12.5. The molecule has 1 nitrogen and oxygen atoms in total. The first kappa shape index (κ1) is 13.1.